The average molecular weight is 360 g/mol. The fraction of sp³-hybridized carbons (Fsp3) is 0.130. The van der Waals surface area contributed by atoms with Gasteiger partial charge >= 0.3 is 0 Å². The fourth-order valence-electron chi connectivity index (χ4n) is 3.60. The van der Waals surface area contributed by atoms with Gasteiger partial charge in [-0.1, -0.05) is 48.5 Å². The summed E-state index contributed by atoms with van der Waals surface area (Å²) >= 11 is 0. The molecule has 0 saturated carbocycles. The maximum absolute atomic E-state index is 13.2. The lowest BCUT2D eigenvalue weighted by atomic mass is 9.94. The SMILES string of the molecule is COCc1ccccc1-c1ccc2c(c1)C(=O)C(c1ccc(F)cc1)C2=O. The number of fused-ring (bicyclic) bond motifs is 1. The molecule has 3 nitrogen and oxygen atoms in total. The predicted molar refractivity (Wildman–Crippen MR) is 100 cm³/mol. The molecule has 0 aromatic heterocycles. The van der Waals surface area contributed by atoms with Crippen LogP contribution in [0.1, 0.15) is 37.8 Å². The summed E-state index contributed by atoms with van der Waals surface area (Å²) < 4.78 is 18.4. The molecule has 27 heavy (non-hydrogen) atoms. The Morgan fingerprint density at radius 1 is 0.852 bits per heavy atom. The minimum atomic E-state index is -0.898. The van der Waals surface area contributed by atoms with Crippen molar-refractivity contribution in [1.29, 1.82) is 0 Å². The maximum Gasteiger partial charge on any atom is 0.178 e. The number of benzene rings is 3. The number of halogens is 1. The normalized spacial score (nSPS) is 15.9. The molecule has 0 saturated heterocycles. The molecule has 0 bridgehead atoms. The Kier molecular flexibility index (Phi) is 4.42. The van der Waals surface area contributed by atoms with Crippen LogP contribution in [0.5, 0.6) is 0 Å². The van der Waals surface area contributed by atoms with Crippen LogP contribution in [0, 0.1) is 5.82 Å². The highest BCUT2D eigenvalue weighted by molar-refractivity contribution is 6.30. The van der Waals surface area contributed by atoms with Gasteiger partial charge in [-0.3, -0.25) is 9.59 Å². The zero-order valence-corrected chi connectivity index (χ0v) is 14.7. The van der Waals surface area contributed by atoms with Gasteiger partial charge in [-0.25, -0.2) is 4.39 Å². The molecule has 1 aliphatic rings. The minimum absolute atomic E-state index is 0.238. The lowest BCUT2D eigenvalue weighted by molar-refractivity contribution is 0.0890. The van der Waals surface area contributed by atoms with Gasteiger partial charge in [0.2, 0.25) is 0 Å². The van der Waals surface area contributed by atoms with Crippen molar-refractivity contribution in [2.24, 2.45) is 0 Å². The van der Waals surface area contributed by atoms with Gasteiger partial charge in [0.25, 0.3) is 0 Å². The number of methoxy groups -OCH3 is 1. The van der Waals surface area contributed by atoms with Gasteiger partial charge < -0.3 is 4.74 Å². The van der Waals surface area contributed by atoms with Crippen molar-refractivity contribution in [3.63, 3.8) is 0 Å². The first-order chi connectivity index (χ1) is 13.1. The number of ether oxygens (including phenoxy) is 1. The molecule has 0 radical (unpaired) electrons. The van der Waals surface area contributed by atoms with Gasteiger partial charge in [0, 0.05) is 18.2 Å². The third-order valence-corrected chi connectivity index (χ3v) is 4.91. The van der Waals surface area contributed by atoms with Gasteiger partial charge in [-0.15, -0.1) is 0 Å². The zero-order chi connectivity index (χ0) is 19.0. The lowest BCUT2D eigenvalue weighted by Crippen LogP contribution is -2.12. The summed E-state index contributed by atoms with van der Waals surface area (Å²) in [7, 11) is 1.63. The lowest BCUT2D eigenvalue weighted by Gasteiger charge is -2.10. The summed E-state index contributed by atoms with van der Waals surface area (Å²) in [6.07, 6.45) is 0. The Hall–Kier alpha value is -3.11. The molecular weight excluding hydrogens is 343 g/mol. The van der Waals surface area contributed by atoms with E-state index in [2.05, 4.69) is 0 Å². The Balaban J connectivity index is 1.76. The molecule has 1 aliphatic carbocycles. The van der Waals surface area contributed by atoms with Crippen molar-refractivity contribution in [3.8, 4) is 11.1 Å². The maximum atomic E-state index is 13.2. The van der Waals surface area contributed by atoms with E-state index in [1.807, 2.05) is 30.3 Å². The van der Waals surface area contributed by atoms with Crippen LogP contribution < -0.4 is 0 Å². The van der Waals surface area contributed by atoms with Gasteiger partial charge in [0.1, 0.15) is 11.7 Å². The van der Waals surface area contributed by atoms with E-state index in [0.29, 0.717) is 23.3 Å². The average Bonchev–Trinajstić information content (AvgIpc) is 2.93. The monoisotopic (exact) mass is 360 g/mol. The number of hydrogen-bond acceptors (Lipinski definition) is 3. The van der Waals surface area contributed by atoms with Crippen LogP contribution >= 0.6 is 0 Å². The summed E-state index contributed by atoms with van der Waals surface area (Å²) in [5.74, 6) is -1.78. The van der Waals surface area contributed by atoms with Crippen molar-refractivity contribution in [2.75, 3.05) is 7.11 Å². The smallest absolute Gasteiger partial charge is 0.178 e. The number of ketones is 2. The van der Waals surface area contributed by atoms with Crippen LogP contribution in [-0.4, -0.2) is 18.7 Å². The van der Waals surface area contributed by atoms with E-state index in [-0.39, 0.29) is 11.6 Å². The molecule has 3 aromatic rings. The molecule has 0 heterocycles. The second kappa shape index (κ2) is 6.89. The first-order valence-corrected chi connectivity index (χ1v) is 8.65. The zero-order valence-electron chi connectivity index (χ0n) is 14.7. The topological polar surface area (TPSA) is 43.4 Å². The largest absolute Gasteiger partial charge is 0.380 e. The second-order valence-corrected chi connectivity index (χ2v) is 6.56. The van der Waals surface area contributed by atoms with E-state index in [9.17, 15) is 14.0 Å². The van der Waals surface area contributed by atoms with Crippen LogP contribution in [0.15, 0.2) is 66.7 Å². The third-order valence-electron chi connectivity index (χ3n) is 4.91. The van der Waals surface area contributed by atoms with E-state index in [4.69, 9.17) is 4.74 Å². The number of hydrogen-bond donors (Lipinski definition) is 0. The van der Waals surface area contributed by atoms with Gasteiger partial charge in [0.05, 0.1) is 6.61 Å². The molecule has 134 valence electrons. The van der Waals surface area contributed by atoms with Gasteiger partial charge in [0.15, 0.2) is 11.6 Å². The Morgan fingerprint density at radius 3 is 2.30 bits per heavy atom. The van der Waals surface area contributed by atoms with Crippen LogP contribution in [-0.2, 0) is 11.3 Å². The highest BCUT2D eigenvalue weighted by atomic mass is 19.1. The summed E-state index contributed by atoms with van der Waals surface area (Å²) in [6.45, 7) is 0.457. The molecule has 0 N–H and O–H groups in total. The van der Waals surface area contributed by atoms with E-state index >= 15 is 0 Å². The first kappa shape index (κ1) is 17.3. The molecule has 1 atom stereocenters. The third kappa shape index (κ3) is 2.98. The number of carbonyl (C=O) groups is 2. The van der Waals surface area contributed by atoms with E-state index in [1.165, 1.54) is 24.3 Å². The highest BCUT2D eigenvalue weighted by Gasteiger charge is 2.39. The van der Waals surface area contributed by atoms with E-state index < -0.39 is 11.7 Å². The molecule has 0 aliphatic heterocycles. The highest BCUT2D eigenvalue weighted by Crippen LogP contribution is 2.37. The van der Waals surface area contributed by atoms with Crippen molar-refractivity contribution < 1.29 is 18.7 Å². The fourth-order valence-corrected chi connectivity index (χ4v) is 3.60. The van der Waals surface area contributed by atoms with Crippen LogP contribution in [0.2, 0.25) is 0 Å². The predicted octanol–water partition coefficient (Wildman–Crippen LogP) is 4.80. The molecule has 4 heteroatoms. The van der Waals surface area contributed by atoms with Crippen molar-refractivity contribution in [1.82, 2.24) is 0 Å². The Labute approximate surface area is 156 Å². The number of rotatable bonds is 4. The molecule has 0 spiro atoms. The molecule has 0 fully saturated rings. The summed E-state index contributed by atoms with van der Waals surface area (Å²) in [4.78, 5) is 25.7. The Bertz CT molecular complexity index is 1040. The van der Waals surface area contributed by atoms with Gasteiger partial charge in [-0.2, -0.15) is 0 Å². The van der Waals surface area contributed by atoms with Crippen LogP contribution in [0.4, 0.5) is 4.39 Å². The standard InChI is InChI=1S/C23H17FO3/c1-27-13-16-4-2-3-5-18(16)15-8-11-19-20(12-15)23(26)21(22(19)25)14-6-9-17(24)10-7-14/h2-12,21H,13H2,1H3. The van der Waals surface area contributed by atoms with Crippen molar-refractivity contribution in [2.45, 2.75) is 12.5 Å². The molecule has 3 aromatic carbocycles. The van der Waals surface area contributed by atoms with Crippen LogP contribution in [0.25, 0.3) is 11.1 Å². The number of Topliss-reactive ketones (excluding diaryl/α,β-unsaturated/α-hetero) is 2. The van der Waals surface area contributed by atoms with E-state index in [0.717, 1.165) is 16.7 Å². The quantitative estimate of drug-likeness (QED) is 0.628. The number of carbonyl (C=O) groups excluding carboxylic acids is 2. The minimum Gasteiger partial charge on any atom is -0.380 e. The second-order valence-electron chi connectivity index (χ2n) is 6.56. The van der Waals surface area contributed by atoms with Crippen molar-refractivity contribution >= 4 is 11.6 Å². The van der Waals surface area contributed by atoms with Gasteiger partial charge in [-0.05, 0) is 40.5 Å². The molecule has 1 unspecified atom stereocenters. The molecular formula is C23H17FO3. The van der Waals surface area contributed by atoms with Crippen molar-refractivity contribution in [3.05, 3.63) is 94.8 Å². The molecule has 0 amide bonds. The summed E-state index contributed by atoms with van der Waals surface area (Å²) in [6, 6.07) is 18.7. The summed E-state index contributed by atoms with van der Waals surface area (Å²) in [5, 5.41) is 0. The Morgan fingerprint density at radius 2 is 1.56 bits per heavy atom. The van der Waals surface area contributed by atoms with E-state index in [1.54, 1.807) is 19.2 Å². The first-order valence-electron chi connectivity index (χ1n) is 8.65. The van der Waals surface area contributed by atoms with Crippen LogP contribution in [0.3, 0.4) is 0 Å². The summed E-state index contributed by atoms with van der Waals surface area (Å²) in [5.41, 5.74) is 4.19. The molecule has 4 rings (SSSR count).